The number of ether oxygens (including phenoxy) is 1. The molecule has 2 aliphatic rings. The van der Waals surface area contributed by atoms with Crippen LogP contribution in [0.1, 0.15) is 18.9 Å². The van der Waals surface area contributed by atoms with E-state index in [1.807, 2.05) is 48.5 Å². The SMILES string of the molecule is O=C1COc2ccc(-c3csc(=Nc4ccccc4)n3C3CC3)cc2N1. The van der Waals surface area contributed by atoms with Gasteiger partial charge in [-0.15, -0.1) is 11.3 Å². The standard InChI is InChI=1S/C20H17N3O2S/c24-19-11-25-18-9-6-13(10-16(18)22-19)17-12-26-20(23(17)15-7-8-15)21-14-4-2-1-3-5-14/h1-6,9-10,12,15H,7-8,11H2,(H,22,24). The maximum atomic E-state index is 11.6. The molecule has 1 aromatic heterocycles. The molecule has 0 atom stereocenters. The van der Waals surface area contributed by atoms with Crippen LogP contribution < -0.4 is 14.9 Å². The summed E-state index contributed by atoms with van der Waals surface area (Å²) in [5.41, 5.74) is 3.89. The summed E-state index contributed by atoms with van der Waals surface area (Å²) in [5.74, 6) is 0.602. The zero-order chi connectivity index (χ0) is 17.5. The van der Waals surface area contributed by atoms with Crippen LogP contribution in [0.15, 0.2) is 58.9 Å². The van der Waals surface area contributed by atoms with Crippen molar-refractivity contribution in [2.45, 2.75) is 18.9 Å². The second-order valence-electron chi connectivity index (χ2n) is 6.50. The third-order valence-corrected chi connectivity index (χ3v) is 5.38. The van der Waals surface area contributed by atoms with Gasteiger partial charge >= 0.3 is 0 Å². The van der Waals surface area contributed by atoms with Crippen LogP contribution in [0.25, 0.3) is 11.3 Å². The number of hydrogen-bond acceptors (Lipinski definition) is 4. The molecule has 1 fully saturated rings. The van der Waals surface area contributed by atoms with E-state index in [0.717, 1.165) is 33.2 Å². The fourth-order valence-corrected chi connectivity index (χ4v) is 4.14. The molecule has 0 spiro atoms. The molecule has 1 amide bonds. The van der Waals surface area contributed by atoms with Gasteiger partial charge in [-0.3, -0.25) is 4.79 Å². The van der Waals surface area contributed by atoms with Crippen molar-refractivity contribution in [3.8, 4) is 17.0 Å². The maximum absolute atomic E-state index is 11.6. The molecule has 2 aromatic carbocycles. The van der Waals surface area contributed by atoms with Gasteiger partial charge < -0.3 is 14.6 Å². The number of rotatable bonds is 3. The number of benzene rings is 2. The summed E-state index contributed by atoms with van der Waals surface area (Å²) in [4.78, 5) is 17.5. The van der Waals surface area contributed by atoms with E-state index < -0.39 is 0 Å². The van der Waals surface area contributed by atoms with Gasteiger partial charge in [0, 0.05) is 17.0 Å². The number of nitrogens with one attached hydrogen (secondary N) is 1. The Morgan fingerprint density at radius 3 is 2.81 bits per heavy atom. The van der Waals surface area contributed by atoms with Gasteiger partial charge in [-0.25, -0.2) is 4.99 Å². The van der Waals surface area contributed by atoms with E-state index in [9.17, 15) is 4.79 Å². The molecule has 2 heterocycles. The van der Waals surface area contributed by atoms with Gasteiger partial charge in [-0.2, -0.15) is 0 Å². The molecular weight excluding hydrogens is 346 g/mol. The number of hydrogen-bond donors (Lipinski definition) is 1. The number of carbonyl (C=O) groups is 1. The van der Waals surface area contributed by atoms with Crippen molar-refractivity contribution in [1.82, 2.24) is 4.57 Å². The molecule has 5 rings (SSSR count). The predicted molar refractivity (Wildman–Crippen MR) is 102 cm³/mol. The Bertz CT molecular complexity index is 1050. The minimum absolute atomic E-state index is 0.0764. The highest BCUT2D eigenvalue weighted by Gasteiger charge is 2.28. The van der Waals surface area contributed by atoms with Crippen molar-refractivity contribution in [2.75, 3.05) is 11.9 Å². The van der Waals surface area contributed by atoms with Crippen molar-refractivity contribution < 1.29 is 9.53 Å². The van der Waals surface area contributed by atoms with Crippen molar-refractivity contribution in [3.05, 3.63) is 58.7 Å². The highest BCUT2D eigenvalue weighted by atomic mass is 32.1. The molecule has 6 heteroatoms. The minimum atomic E-state index is -0.116. The lowest BCUT2D eigenvalue weighted by Gasteiger charge is -2.19. The first-order chi connectivity index (χ1) is 12.8. The van der Waals surface area contributed by atoms with Gasteiger partial charge in [-0.05, 0) is 43.2 Å². The smallest absolute Gasteiger partial charge is 0.262 e. The Labute approximate surface area is 154 Å². The largest absolute Gasteiger partial charge is 0.482 e. The molecular formula is C20H17N3O2S. The van der Waals surface area contributed by atoms with Crippen molar-refractivity contribution >= 4 is 28.6 Å². The van der Waals surface area contributed by atoms with E-state index in [0.29, 0.717) is 6.04 Å². The van der Waals surface area contributed by atoms with Gasteiger partial charge in [0.15, 0.2) is 11.4 Å². The van der Waals surface area contributed by atoms with Crippen molar-refractivity contribution in [1.29, 1.82) is 0 Å². The van der Waals surface area contributed by atoms with Crippen LogP contribution >= 0.6 is 11.3 Å². The zero-order valence-corrected chi connectivity index (χ0v) is 14.8. The number of para-hydroxylation sites is 1. The van der Waals surface area contributed by atoms with Gasteiger partial charge in [0.1, 0.15) is 5.75 Å². The highest BCUT2D eigenvalue weighted by Crippen LogP contribution is 2.39. The predicted octanol–water partition coefficient (Wildman–Crippen LogP) is 4.11. The molecule has 1 aliphatic heterocycles. The Morgan fingerprint density at radius 2 is 2.00 bits per heavy atom. The summed E-state index contributed by atoms with van der Waals surface area (Å²) in [6.45, 7) is 0.0764. The first kappa shape index (κ1) is 15.4. The molecule has 26 heavy (non-hydrogen) atoms. The van der Waals surface area contributed by atoms with E-state index in [-0.39, 0.29) is 12.5 Å². The van der Waals surface area contributed by atoms with Crippen LogP contribution in [-0.4, -0.2) is 17.1 Å². The lowest BCUT2D eigenvalue weighted by atomic mass is 10.1. The number of thiazole rings is 1. The molecule has 130 valence electrons. The van der Waals surface area contributed by atoms with Crippen molar-refractivity contribution in [2.24, 2.45) is 4.99 Å². The molecule has 1 saturated carbocycles. The molecule has 0 saturated heterocycles. The lowest BCUT2D eigenvalue weighted by Crippen LogP contribution is -2.25. The number of carbonyl (C=O) groups excluding carboxylic acids is 1. The second-order valence-corrected chi connectivity index (χ2v) is 7.34. The van der Waals surface area contributed by atoms with Crippen LogP contribution in [-0.2, 0) is 4.79 Å². The molecule has 3 aromatic rings. The Hall–Kier alpha value is -2.86. The van der Waals surface area contributed by atoms with Crippen LogP contribution in [0, 0.1) is 0 Å². The number of fused-ring (bicyclic) bond motifs is 1. The fourth-order valence-electron chi connectivity index (χ4n) is 3.15. The molecule has 0 radical (unpaired) electrons. The Kier molecular flexibility index (Phi) is 3.64. The van der Waals surface area contributed by atoms with Crippen molar-refractivity contribution in [3.63, 3.8) is 0 Å². The minimum Gasteiger partial charge on any atom is -0.482 e. The highest BCUT2D eigenvalue weighted by molar-refractivity contribution is 7.07. The fraction of sp³-hybridized carbons (Fsp3) is 0.200. The summed E-state index contributed by atoms with van der Waals surface area (Å²) in [5, 5.41) is 5.03. The third-order valence-electron chi connectivity index (χ3n) is 4.54. The average Bonchev–Trinajstić information content (AvgIpc) is 3.42. The van der Waals surface area contributed by atoms with Gasteiger partial charge in [0.05, 0.1) is 17.1 Å². The van der Waals surface area contributed by atoms with Crippen LogP contribution in [0.2, 0.25) is 0 Å². The molecule has 5 nitrogen and oxygen atoms in total. The quantitative estimate of drug-likeness (QED) is 0.761. The number of nitrogens with zero attached hydrogens (tertiary/aromatic N) is 2. The summed E-state index contributed by atoms with van der Waals surface area (Å²) in [6.07, 6.45) is 2.35. The Balaban J connectivity index is 1.61. The van der Waals surface area contributed by atoms with Gasteiger partial charge in [0.2, 0.25) is 0 Å². The van der Waals surface area contributed by atoms with Crippen LogP contribution in [0.4, 0.5) is 11.4 Å². The van der Waals surface area contributed by atoms with E-state index >= 15 is 0 Å². The van der Waals surface area contributed by atoms with E-state index in [4.69, 9.17) is 9.73 Å². The van der Waals surface area contributed by atoms with E-state index in [1.165, 1.54) is 12.8 Å². The van der Waals surface area contributed by atoms with E-state index in [2.05, 4.69) is 15.3 Å². The average molecular weight is 363 g/mol. The zero-order valence-electron chi connectivity index (χ0n) is 14.0. The normalized spacial score (nSPS) is 16.8. The first-order valence-electron chi connectivity index (χ1n) is 8.65. The maximum Gasteiger partial charge on any atom is 0.262 e. The van der Waals surface area contributed by atoms with Crippen LogP contribution in [0.3, 0.4) is 0 Å². The number of anilines is 1. The van der Waals surface area contributed by atoms with E-state index in [1.54, 1.807) is 11.3 Å². The summed E-state index contributed by atoms with van der Waals surface area (Å²) >= 11 is 1.65. The second kappa shape index (κ2) is 6.14. The first-order valence-corrected chi connectivity index (χ1v) is 9.53. The Morgan fingerprint density at radius 1 is 1.15 bits per heavy atom. The topological polar surface area (TPSA) is 55.6 Å². The number of aromatic nitrogens is 1. The molecule has 1 N–H and O–H groups in total. The van der Waals surface area contributed by atoms with Gasteiger partial charge in [-0.1, -0.05) is 18.2 Å². The lowest BCUT2D eigenvalue weighted by molar-refractivity contribution is -0.118. The molecule has 1 aliphatic carbocycles. The third kappa shape index (κ3) is 2.82. The van der Waals surface area contributed by atoms with Crippen LogP contribution in [0.5, 0.6) is 5.75 Å². The molecule has 0 bridgehead atoms. The number of amides is 1. The summed E-state index contributed by atoms with van der Waals surface area (Å²) in [6, 6.07) is 16.5. The molecule has 0 unspecified atom stereocenters. The summed E-state index contributed by atoms with van der Waals surface area (Å²) in [7, 11) is 0. The summed E-state index contributed by atoms with van der Waals surface area (Å²) < 4.78 is 7.79. The monoisotopic (exact) mass is 363 g/mol. The van der Waals surface area contributed by atoms with Gasteiger partial charge in [0.25, 0.3) is 5.91 Å².